The summed E-state index contributed by atoms with van der Waals surface area (Å²) in [7, 11) is 1.57. The quantitative estimate of drug-likeness (QED) is 0.599. The molecule has 27 heavy (non-hydrogen) atoms. The zero-order chi connectivity index (χ0) is 19.2. The van der Waals surface area contributed by atoms with Crippen molar-refractivity contribution in [3.05, 3.63) is 66.5 Å². The molecule has 1 atom stereocenters. The molecule has 140 valence electrons. The third-order valence-corrected chi connectivity index (χ3v) is 4.16. The highest BCUT2D eigenvalue weighted by molar-refractivity contribution is 5.78. The van der Waals surface area contributed by atoms with E-state index in [0.717, 1.165) is 23.0 Å². The van der Waals surface area contributed by atoms with Gasteiger partial charge in [0, 0.05) is 0 Å². The minimum Gasteiger partial charge on any atom is -0.493 e. The van der Waals surface area contributed by atoms with Gasteiger partial charge in [-0.05, 0) is 43.2 Å². The highest BCUT2D eigenvalue weighted by atomic mass is 16.5. The first-order chi connectivity index (χ1) is 13.1. The summed E-state index contributed by atoms with van der Waals surface area (Å²) in [5.74, 6) is 1.58. The highest BCUT2D eigenvalue weighted by Crippen LogP contribution is 2.28. The summed E-state index contributed by atoms with van der Waals surface area (Å²) in [5.41, 5.74) is 2.88. The van der Waals surface area contributed by atoms with Crippen LogP contribution in [0.5, 0.6) is 11.5 Å². The molecule has 1 amide bonds. The van der Waals surface area contributed by atoms with E-state index in [1.54, 1.807) is 13.2 Å². The number of amides is 1. The second kappa shape index (κ2) is 8.40. The fraction of sp³-hybridized carbons (Fsp3) is 0.238. The topological polar surface area (TPSA) is 76.2 Å². The van der Waals surface area contributed by atoms with Crippen molar-refractivity contribution < 1.29 is 14.3 Å². The van der Waals surface area contributed by atoms with Crippen LogP contribution in [0.25, 0.3) is 11.0 Å². The SMILES string of the molecule is C=CCc1ccc(OCC(=O)NC(C)c2nc3ccccc3[nH]2)c(OC)c1. The lowest BCUT2D eigenvalue weighted by atomic mass is 10.1. The summed E-state index contributed by atoms with van der Waals surface area (Å²) < 4.78 is 11.0. The number of carbonyl (C=O) groups excluding carboxylic acids is 1. The standard InChI is InChI=1S/C21H23N3O3/c1-4-7-15-10-11-18(19(12-15)26-3)27-13-20(25)22-14(2)21-23-16-8-5-6-9-17(16)24-21/h4-6,8-12,14H,1,7,13H2,2-3H3,(H,22,25)(H,23,24). The summed E-state index contributed by atoms with van der Waals surface area (Å²) in [4.78, 5) is 20.0. The Bertz CT molecular complexity index is 916. The van der Waals surface area contributed by atoms with Crippen molar-refractivity contribution >= 4 is 16.9 Å². The first kappa shape index (κ1) is 18.5. The van der Waals surface area contributed by atoms with Crippen molar-refractivity contribution in [2.45, 2.75) is 19.4 Å². The summed E-state index contributed by atoms with van der Waals surface area (Å²) in [5, 5.41) is 2.88. The van der Waals surface area contributed by atoms with E-state index in [0.29, 0.717) is 17.3 Å². The number of benzene rings is 2. The number of aromatic amines is 1. The molecule has 0 saturated carbocycles. The number of hydrogen-bond acceptors (Lipinski definition) is 4. The predicted octanol–water partition coefficient (Wildman–Crippen LogP) is 3.56. The molecule has 2 N–H and O–H groups in total. The molecule has 1 aromatic heterocycles. The van der Waals surface area contributed by atoms with Crippen LogP contribution in [0, 0.1) is 0 Å². The minimum atomic E-state index is -0.259. The van der Waals surface area contributed by atoms with Gasteiger partial charge in [0.05, 0.1) is 24.2 Å². The number of H-pyrrole nitrogens is 1. The van der Waals surface area contributed by atoms with Crippen molar-refractivity contribution in [2.75, 3.05) is 13.7 Å². The van der Waals surface area contributed by atoms with Crippen molar-refractivity contribution in [3.8, 4) is 11.5 Å². The summed E-state index contributed by atoms with van der Waals surface area (Å²) in [6, 6.07) is 13.1. The highest BCUT2D eigenvalue weighted by Gasteiger charge is 2.15. The third-order valence-electron chi connectivity index (χ3n) is 4.16. The molecular formula is C21H23N3O3. The maximum Gasteiger partial charge on any atom is 0.258 e. The van der Waals surface area contributed by atoms with Gasteiger partial charge >= 0.3 is 0 Å². The maximum atomic E-state index is 12.3. The van der Waals surface area contributed by atoms with E-state index in [-0.39, 0.29) is 18.6 Å². The molecular weight excluding hydrogens is 342 g/mol. The number of nitrogens with one attached hydrogen (secondary N) is 2. The number of nitrogens with zero attached hydrogens (tertiary/aromatic N) is 1. The summed E-state index contributed by atoms with van der Waals surface area (Å²) in [6.07, 6.45) is 2.56. The predicted molar refractivity (Wildman–Crippen MR) is 105 cm³/mol. The van der Waals surface area contributed by atoms with E-state index in [2.05, 4.69) is 21.9 Å². The van der Waals surface area contributed by atoms with E-state index in [4.69, 9.17) is 9.47 Å². The van der Waals surface area contributed by atoms with Crippen molar-refractivity contribution in [2.24, 2.45) is 0 Å². The first-order valence-corrected chi connectivity index (χ1v) is 8.75. The molecule has 2 aromatic carbocycles. The molecule has 0 aliphatic carbocycles. The van der Waals surface area contributed by atoms with Gasteiger partial charge in [-0.25, -0.2) is 4.98 Å². The number of aromatic nitrogens is 2. The average Bonchev–Trinajstić information content (AvgIpc) is 3.11. The van der Waals surface area contributed by atoms with Gasteiger partial charge in [-0.3, -0.25) is 4.79 Å². The molecule has 0 saturated heterocycles. The van der Waals surface area contributed by atoms with Crippen LogP contribution < -0.4 is 14.8 Å². The van der Waals surface area contributed by atoms with Gasteiger partial charge in [-0.1, -0.05) is 24.3 Å². The molecule has 0 aliphatic heterocycles. The van der Waals surface area contributed by atoms with Gasteiger partial charge in [-0.15, -0.1) is 6.58 Å². The normalized spacial score (nSPS) is 11.8. The maximum absolute atomic E-state index is 12.3. The average molecular weight is 365 g/mol. The number of para-hydroxylation sites is 2. The fourth-order valence-electron chi connectivity index (χ4n) is 2.80. The van der Waals surface area contributed by atoms with Gasteiger partial charge in [0.25, 0.3) is 5.91 Å². The van der Waals surface area contributed by atoms with Crippen LogP contribution in [-0.4, -0.2) is 29.6 Å². The van der Waals surface area contributed by atoms with Crippen LogP contribution in [0.1, 0.15) is 24.4 Å². The molecule has 0 radical (unpaired) electrons. The van der Waals surface area contributed by atoms with Crippen molar-refractivity contribution in [1.82, 2.24) is 15.3 Å². The Morgan fingerprint density at radius 1 is 1.30 bits per heavy atom. The van der Waals surface area contributed by atoms with Crippen LogP contribution in [-0.2, 0) is 11.2 Å². The van der Waals surface area contributed by atoms with Gasteiger partial charge in [-0.2, -0.15) is 0 Å². The molecule has 0 bridgehead atoms. The second-order valence-electron chi connectivity index (χ2n) is 6.20. The smallest absolute Gasteiger partial charge is 0.258 e. The Morgan fingerprint density at radius 2 is 2.11 bits per heavy atom. The Hall–Kier alpha value is -3.28. The van der Waals surface area contributed by atoms with E-state index in [1.165, 1.54) is 0 Å². The number of fused-ring (bicyclic) bond motifs is 1. The summed E-state index contributed by atoms with van der Waals surface area (Å²) in [6.45, 7) is 5.49. The molecule has 1 unspecified atom stereocenters. The monoisotopic (exact) mass is 365 g/mol. The molecule has 1 heterocycles. The number of rotatable bonds is 8. The zero-order valence-corrected chi connectivity index (χ0v) is 15.5. The van der Waals surface area contributed by atoms with E-state index < -0.39 is 0 Å². The first-order valence-electron chi connectivity index (χ1n) is 8.75. The molecule has 0 aliphatic rings. The Labute approximate surface area is 158 Å². The van der Waals surface area contributed by atoms with Crippen LogP contribution in [0.3, 0.4) is 0 Å². The lowest BCUT2D eigenvalue weighted by Gasteiger charge is -2.14. The van der Waals surface area contributed by atoms with Gasteiger partial charge in [0.2, 0.25) is 0 Å². The number of carbonyl (C=O) groups is 1. The van der Waals surface area contributed by atoms with Gasteiger partial charge < -0.3 is 19.8 Å². The number of ether oxygens (including phenoxy) is 2. The Kier molecular flexibility index (Phi) is 5.76. The number of methoxy groups -OCH3 is 1. The summed E-state index contributed by atoms with van der Waals surface area (Å²) >= 11 is 0. The lowest BCUT2D eigenvalue weighted by Crippen LogP contribution is -2.31. The number of allylic oxidation sites excluding steroid dienone is 1. The van der Waals surface area contributed by atoms with Gasteiger partial charge in [0.1, 0.15) is 5.82 Å². The Balaban J connectivity index is 1.59. The van der Waals surface area contributed by atoms with E-state index >= 15 is 0 Å². The van der Waals surface area contributed by atoms with Crippen molar-refractivity contribution in [3.63, 3.8) is 0 Å². The van der Waals surface area contributed by atoms with Crippen LogP contribution in [0.15, 0.2) is 55.1 Å². The van der Waals surface area contributed by atoms with E-state index in [1.807, 2.05) is 49.4 Å². The van der Waals surface area contributed by atoms with Gasteiger partial charge in [0.15, 0.2) is 18.1 Å². The molecule has 6 heteroatoms. The minimum absolute atomic E-state index is 0.109. The fourth-order valence-corrected chi connectivity index (χ4v) is 2.80. The third kappa shape index (κ3) is 4.47. The molecule has 0 fully saturated rings. The lowest BCUT2D eigenvalue weighted by molar-refractivity contribution is -0.123. The van der Waals surface area contributed by atoms with Crippen molar-refractivity contribution in [1.29, 1.82) is 0 Å². The second-order valence-corrected chi connectivity index (χ2v) is 6.20. The number of imidazole rings is 1. The van der Waals surface area contributed by atoms with E-state index in [9.17, 15) is 4.79 Å². The molecule has 0 spiro atoms. The van der Waals surface area contributed by atoms with Crippen LogP contribution in [0.4, 0.5) is 0 Å². The number of hydrogen-bond donors (Lipinski definition) is 2. The van der Waals surface area contributed by atoms with Crippen LogP contribution in [0.2, 0.25) is 0 Å². The molecule has 3 aromatic rings. The van der Waals surface area contributed by atoms with Crippen LogP contribution >= 0.6 is 0 Å². The molecule has 6 nitrogen and oxygen atoms in total. The largest absolute Gasteiger partial charge is 0.493 e. The molecule has 3 rings (SSSR count). The zero-order valence-electron chi connectivity index (χ0n) is 15.5. The Morgan fingerprint density at radius 3 is 2.85 bits per heavy atom.